The second kappa shape index (κ2) is 4.87. The number of anilines is 1. The number of nitrogens with zero attached hydrogens (tertiary/aromatic N) is 3. The van der Waals surface area contributed by atoms with Crippen LogP contribution in [0, 0.1) is 0 Å². The van der Waals surface area contributed by atoms with Crippen molar-refractivity contribution < 1.29 is 9.84 Å². The molecule has 0 radical (unpaired) electrons. The summed E-state index contributed by atoms with van der Waals surface area (Å²) >= 11 is 3.28. The molecule has 1 fully saturated rings. The molecule has 6 heteroatoms. The largest absolute Gasteiger partial charge is 0.394 e. The average Bonchev–Trinajstić information content (AvgIpc) is 2.30. The van der Waals surface area contributed by atoms with E-state index in [1.54, 1.807) is 12.4 Å². The molecule has 0 bridgehead atoms. The molecule has 1 unspecified atom stereocenters. The smallest absolute Gasteiger partial charge is 0.225 e. The standard InChI is InChI=1S/C9H12BrN3O2/c10-7-3-11-9(12-4-7)13-1-2-15-6-8(13)5-14/h3-4,8,14H,1-2,5-6H2. The maximum Gasteiger partial charge on any atom is 0.225 e. The molecule has 1 aliphatic rings. The van der Waals surface area contributed by atoms with Crippen molar-refractivity contribution in [2.75, 3.05) is 31.3 Å². The maximum absolute atomic E-state index is 9.19. The number of aromatic nitrogens is 2. The molecule has 0 aliphatic carbocycles. The first-order valence-corrected chi connectivity index (χ1v) is 5.53. The van der Waals surface area contributed by atoms with Crippen molar-refractivity contribution in [3.05, 3.63) is 16.9 Å². The van der Waals surface area contributed by atoms with Gasteiger partial charge in [0, 0.05) is 18.9 Å². The monoisotopic (exact) mass is 273 g/mol. The first-order valence-electron chi connectivity index (χ1n) is 4.74. The van der Waals surface area contributed by atoms with E-state index in [0.717, 1.165) is 4.47 Å². The molecule has 1 atom stereocenters. The van der Waals surface area contributed by atoms with Crippen LogP contribution in [0.2, 0.25) is 0 Å². The molecule has 1 aromatic rings. The van der Waals surface area contributed by atoms with Crippen molar-refractivity contribution in [2.24, 2.45) is 0 Å². The van der Waals surface area contributed by atoms with Crippen molar-refractivity contribution >= 4 is 21.9 Å². The third kappa shape index (κ3) is 2.45. The quantitative estimate of drug-likeness (QED) is 0.847. The molecular formula is C9H12BrN3O2. The Hall–Kier alpha value is -0.720. The van der Waals surface area contributed by atoms with E-state index in [1.165, 1.54) is 0 Å². The van der Waals surface area contributed by atoms with Crippen molar-refractivity contribution in [3.63, 3.8) is 0 Å². The number of hydrogen-bond donors (Lipinski definition) is 1. The van der Waals surface area contributed by atoms with Gasteiger partial charge in [-0.05, 0) is 15.9 Å². The lowest BCUT2D eigenvalue weighted by atomic mass is 10.2. The van der Waals surface area contributed by atoms with E-state index in [1.807, 2.05) is 4.90 Å². The number of morpholine rings is 1. The molecule has 0 saturated carbocycles. The highest BCUT2D eigenvalue weighted by Gasteiger charge is 2.24. The van der Waals surface area contributed by atoms with Crippen LogP contribution in [0.5, 0.6) is 0 Å². The molecular weight excluding hydrogens is 262 g/mol. The SMILES string of the molecule is OCC1COCCN1c1ncc(Br)cn1. The summed E-state index contributed by atoms with van der Waals surface area (Å²) in [7, 11) is 0. The minimum absolute atomic E-state index is 0.0417. The molecule has 1 saturated heterocycles. The van der Waals surface area contributed by atoms with Crippen LogP contribution in [-0.4, -0.2) is 47.5 Å². The Morgan fingerprint density at radius 1 is 1.53 bits per heavy atom. The molecule has 0 amide bonds. The van der Waals surface area contributed by atoms with Crippen molar-refractivity contribution in [2.45, 2.75) is 6.04 Å². The van der Waals surface area contributed by atoms with Gasteiger partial charge in [-0.1, -0.05) is 0 Å². The summed E-state index contributed by atoms with van der Waals surface area (Å²) in [6.07, 6.45) is 3.40. The van der Waals surface area contributed by atoms with Crippen molar-refractivity contribution in [1.82, 2.24) is 9.97 Å². The van der Waals surface area contributed by atoms with Gasteiger partial charge in [-0.15, -0.1) is 0 Å². The molecule has 2 heterocycles. The Morgan fingerprint density at radius 3 is 2.93 bits per heavy atom. The summed E-state index contributed by atoms with van der Waals surface area (Å²) in [4.78, 5) is 10.4. The number of ether oxygens (including phenoxy) is 1. The van der Waals surface area contributed by atoms with Gasteiger partial charge < -0.3 is 14.7 Å². The van der Waals surface area contributed by atoms with Crippen LogP contribution in [0.25, 0.3) is 0 Å². The zero-order chi connectivity index (χ0) is 10.7. The minimum Gasteiger partial charge on any atom is -0.394 e. The Kier molecular flexibility index (Phi) is 3.50. The van der Waals surface area contributed by atoms with Crippen LogP contribution in [0.15, 0.2) is 16.9 Å². The molecule has 15 heavy (non-hydrogen) atoms. The summed E-state index contributed by atoms with van der Waals surface area (Å²) in [5.74, 6) is 0.639. The Balaban J connectivity index is 2.16. The van der Waals surface area contributed by atoms with Gasteiger partial charge in [0.05, 0.1) is 30.3 Å². The summed E-state index contributed by atoms with van der Waals surface area (Å²) in [5.41, 5.74) is 0. The fraction of sp³-hybridized carbons (Fsp3) is 0.556. The van der Waals surface area contributed by atoms with E-state index in [2.05, 4.69) is 25.9 Å². The predicted octanol–water partition coefficient (Wildman–Crippen LogP) is 0.437. The summed E-state index contributed by atoms with van der Waals surface area (Å²) < 4.78 is 6.13. The molecule has 1 N–H and O–H groups in total. The number of aliphatic hydroxyl groups excluding tert-OH is 1. The second-order valence-electron chi connectivity index (χ2n) is 3.31. The van der Waals surface area contributed by atoms with Gasteiger partial charge in [0.15, 0.2) is 0 Å². The number of hydrogen-bond acceptors (Lipinski definition) is 5. The van der Waals surface area contributed by atoms with Gasteiger partial charge in [-0.2, -0.15) is 0 Å². The van der Waals surface area contributed by atoms with Crippen LogP contribution in [0.3, 0.4) is 0 Å². The van der Waals surface area contributed by atoms with E-state index in [4.69, 9.17) is 4.74 Å². The van der Waals surface area contributed by atoms with Gasteiger partial charge in [-0.25, -0.2) is 9.97 Å². The van der Waals surface area contributed by atoms with E-state index in [9.17, 15) is 5.11 Å². The fourth-order valence-corrected chi connectivity index (χ4v) is 1.73. The third-order valence-electron chi connectivity index (χ3n) is 2.30. The van der Waals surface area contributed by atoms with Gasteiger partial charge in [-0.3, -0.25) is 0 Å². The molecule has 0 aromatic carbocycles. The molecule has 1 aliphatic heterocycles. The molecule has 2 rings (SSSR count). The second-order valence-corrected chi connectivity index (χ2v) is 4.22. The first kappa shape index (κ1) is 10.8. The normalized spacial score (nSPS) is 21.7. The zero-order valence-corrected chi connectivity index (χ0v) is 9.72. The summed E-state index contributed by atoms with van der Waals surface area (Å²) in [5, 5.41) is 9.19. The highest BCUT2D eigenvalue weighted by atomic mass is 79.9. The average molecular weight is 274 g/mol. The van der Waals surface area contributed by atoms with Crippen LogP contribution in [0.4, 0.5) is 5.95 Å². The highest BCUT2D eigenvalue weighted by Crippen LogP contribution is 2.15. The van der Waals surface area contributed by atoms with Crippen molar-refractivity contribution in [1.29, 1.82) is 0 Å². The van der Waals surface area contributed by atoms with Crippen LogP contribution < -0.4 is 4.90 Å². The Labute approximate surface area is 96.2 Å². The van der Waals surface area contributed by atoms with Crippen LogP contribution >= 0.6 is 15.9 Å². The van der Waals surface area contributed by atoms with E-state index in [0.29, 0.717) is 25.7 Å². The molecule has 1 aromatic heterocycles. The molecule has 5 nitrogen and oxygen atoms in total. The fourth-order valence-electron chi connectivity index (χ4n) is 1.52. The number of rotatable bonds is 2. The third-order valence-corrected chi connectivity index (χ3v) is 2.71. The van der Waals surface area contributed by atoms with Crippen LogP contribution in [-0.2, 0) is 4.74 Å². The molecule has 0 spiro atoms. The minimum atomic E-state index is -0.0417. The van der Waals surface area contributed by atoms with Gasteiger partial charge >= 0.3 is 0 Å². The van der Waals surface area contributed by atoms with Gasteiger partial charge in [0.25, 0.3) is 0 Å². The zero-order valence-electron chi connectivity index (χ0n) is 8.14. The maximum atomic E-state index is 9.19. The number of halogens is 1. The Morgan fingerprint density at radius 2 is 2.27 bits per heavy atom. The van der Waals surface area contributed by atoms with Crippen molar-refractivity contribution in [3.8, 4) is 0 Å². The Bertz CT molecular complexity index is 320. The van der Waals surface area contributed by atoms with E-state index >= 15 is 0 Å². The predicted molar refractivity (Wildman–Crippen MR) is 58.8 cm³/mol. The van der Waals surface area contributed by atoms with Gasteiger partial charge in [0.1, 0.15) is 0 Å². The lowest BCUT2D eigenvalue weighted by Gasteiger charge is -2.34. The topological polar surface area (TPSA) is 58.5 Å². The first-order chi connectivity index (χ1) is 7.31. The highest BCUT2D eigenvalue weighted by molar-refractivity contribution is 9.10. The lowest BCUT2D eigenvalue weighted by Crippen LogP contribution is -2.48. The van der Waals surface area contributed by atoms with E-state index < -0.39 is 0 Å². The lowest BCUT2D eigenvalue weighted by molar-refractivity contribution is 0.0718. The van der Waals surface area contributed by atoms with E-state index in [-0.39, 0.29) is 12.6 Å². The summed E-state index contributed by atoms with van der Waals surface area (Å²) in [6.45, 7) is 1.94. The summed E-state index contributed by atoms with van der Waals surface area (Å²) in [6, 6.07) is -0.0417. The van der Waals surface area contributed by atoms with Gasteiger partial charge in [0.2, 0.25) is 5.95 Å². The molecule has 82 valence electrons. The number of aliphatic hydroxyl groups is 1. The van der Waals surface area contributed by atoms with Crippen LogP contribution in [0.1, 0.15) is 0 Å².